The largest absolute Gasteiger partial charge is 2.00 e. The number of aromatic nitrogens is 1. The number of benzene rings is 2. The second-order valence-corrected chi connectivity index (χ2v) is 7.98. The van der Waals surface area contributed by atoms with Crippen LogP contribution in [-0.4, -0.2) is 36.1 Å². The number of hydrogen-bond donors (Lipinski definition) is 2. The summed E-state index contributed by atoms with van der Waals surface area (Å²) in [5.74, 6) is 0. The maximum Gasteiger partial charge on any atom is 2.00 e. The second kappa shape index (κ2) is 16.0. The summed E-state index contributed by atoms with van der Waals surface area (Å²) in [6, 6.07) is 19.0. The van der Waals surface area contributed by atoms with E-state index in [1.807, 2.05) is 12.3 Å². The Morgan fingerprint density at radius 3 is 1.52 bits per heavy atom. The van der Waals surface area contributed by atoms with Gasteiger partial charge >= 0.3 is 17.1 Å². The molecule has 0 aliphatic heterocycles. The molecule has 0 unspecified atom stereocenters. The molecule has 3 aromatic rings. The number of nitrogens with one attached hydrogen (secondary N) is 2. The Morgan fingerprint density at radius 1 is 0.667 bits per heavy atom. The van der Waals surface area contributed by atoms with Crippen LogP contribution >= 0.6 is 0 Å². The molecule has 0 amide bonds. The molecule has 2 N–H and O–H groups in total. The van der Waals surface area contributed by atoms with E-state index in [2.05, 4.69) is 96.7 Å². The van der Waals surface area contributed by atoms with Crippen LogP contribution in [0, 0.1) is 27.7 Å². The molecule has 0 atom stereocenters. The van der Waals surface area contributed by atoms with Gasteiger partial charge in [-0.2, -0.15) is 0 Å². The van der Waals surface area contributed by atoms with Crippen LogP contribution < -0.4 is 35.4 Å². The van der Waals surface area contributed by atoms with E-state index in [0.717, 1.165) is 38.4 Å². The van der Waals surface area contributed by atoms with Gasteiger partial charge in [-0.15, -0.1) is 0 Å². The molecular weight excluding hydrogens is 503 g/mol. The third kappa shape index (κ3) is 9.56. The molecule has 33 heavy (non-hydrogen) atoms. The van der Waals surface area contributed by atoms with Crippen molar-refractivity contribution in [2.24, 2.45) is 0 Å². The predicted octanol–water partition coefficient (Wildman–Crippen LogP) is -0.653. The number of hydrogen-bond acceptors (Lipinski definition) is 4. The predicted molar refractivity (Wildman–Crippen MR) is 128 cm³/mol. The van der Waals surface area contributed by atoms with E-state index in [-0.39, 0.29) is 41.9 Å². The van der Waals surface area contributed by atoms with E-state index in [9.17, 15) is 0 Å². The van der Waals surface area contributed by atoms with Crippen molar-refractivity contribution in [1.82, 2.24) is 9.88 Å². The maximum absolute atomic E-state index is 4.53. The summed E-state index contributed by atoms with van der Waals surface area (Å²) in [5, 5.41) is 7.28. The fraction of sp³-hybridized carbons (Fsp3) is 0.346. The summed E-state index contributed by atoms with van der Waals surface area (Å²) in [4.78, 5) is 6.99. The summed E-state index contributed by atoms with van der Waals surface area (Å²) in [6.07, 6.45) is 1.87. The summed E-state index contributed by atoms with van der Waals surface area (Å²) in [5.41, 5.74) is 8.79. The fourth-order valence-corrected chi connectivity index (χ4v) is 3.86. The average molecular weight is 537 g/mol. The van der Waals surface area contributed by atoms with E-state index in [1.165, 1.54) is 33.6 Å². The summed E-state index contributed by atoms with van der Waals surface area (Å²) in [6.45, 7) is 13.2. The van der Waals surface area contributed by atoms with Crippen molar-refractivity contribution in [2.45, 2.75) is 34.2 Å². The van der Waals surface area contributed by atoms with E-state index in [4.69, 9.17) is 0 Å². The second-order valence-electron chi connectivity index (χ2n) is 7.98. The van der Waals surface area contributed by atoms with E-state index in [1.54, 1.807) is 0 Å². The Balaban J connectivity index is 0.00000341. The van der Waals surface area contributed by atoms with Gasteiger partial charge in [0.25, 0.3) is 0 Å². The Hall–Kier alpha value is -1.75. The van der Waals surface area contributed by atoms with Crippen molar-refractivity contribution in [1.29, 1.82) is 0 Å². The van der Waals surface area contributed by atoms with Gasteiger partial charge in [0.1, 0.15) is 0 Å². The molecule has 0 spiro atoms. The Kier molecular flexibility index (Phi) is 15.1. The van der Waals surface area contributed by atoms with Gasteiger partial charge in [0, 0.05) is 50.3 Å². The molecule has 0 aliphatic rings. The fourth-order valence-electron chi connectivity index (χ4n) is 3.86. The van der Waals surface area contributed by atoms with Crippen LogP contribution in [0.2, 0.25) is 0 Å². The molecule has 0 aliphatic carbocycles. The monoisotopic (exact) mass is 535 g/mol. The molecule has 0 fully saturated rings. The molecule has 3 rings (SSSR count). The molecule has 183 valence electrons. The van der Waals surface area contributed by atoms with Crippen LogP contribution in [0.25, 0.3) is 0 Å². The SMILES string of the molecule is Cc1cccc(C)c1NCCN(CCNc1c(C)cccc1C)Cc1ccccn1.[Cl-].[Cl-].[Cu+2]. The van der Waals surface area contributed by atoms with Crippen molar-refractivity contribution in [3.8, 4) is 0 Å². The van der Waals surface area contributed by atoms with Crippen LogP contribution in [-0.2, 0) is 23.6 Å². The summed E-state index contributed by atoms with van der Waals surface area (Å²) >= 11 is 0. The molecule has 4 nitrogen and oxygen atoms in total. The number of nitrogens with zero attached hydrogens (tertiary/aromatic N) is 2. The molecule has 0 saturated heterocycles. The van der Waals surface area contributed by atoms with Crippen LogP contribution in [0.1, 0.15) is 27.9 Å². The van der Waals surface area contributed by atoms with Gasteiger partial charge in [-0.1, -0.05) is 42.5 Å². The molecule has 0 saturated carbocycles. The van der Waals surface area contributed by atoms with Crippen molar-refractivity contribution >= 4 is 11.4 Å². The molecule has 1 aromatic heterocycles. The Morgan fingerprint density at radius 2 is 1.12 bits per heavy atom. The minimum atomic E-state index is 0. The summed E-state index contributed by atoms with van der Waals surface area (Å²) in [7, 11) is 0. The standard InChI is InChI=1S/C26H34N4.2ClH.Cu/c1-20-9-7-10-21(2)25(20)28-15-17-30(19-24-13-5-6-14-27-24)18-16-29-26-22(3)11-8-12-23(26)4;;;/h5-14,28-29H,15-19H2,1-4H3;2*1H;/q;;;+2/p-2. The molecule has 2 aromatic carbocycles. The average Bonchev–Trinajstić information content (AvgIpc) is 2.73. The third-order valence-electron chi connectivity index (χ3n) is 5.53. The van der Waals surface area contributed by atoms with E-state index < -0.39 is 0 Å². The quantitative estimate of drug-likeness (QED) is 0.338. The zero-order valence-electron chi connectivity index (χ0n) is 19.8. The van der Waals surface area contributed by atoms with Crippen LogP contribution in [0.5, 0.6) is 0 Å². The molecule has 1 heterocycles. The Bertz CT molecular complexity index is 856. The van der Waals surface area contributed by atoms with Gasteiger partial charge in [-0.3, -0.25) is 9.88 Å². The molecule has 7 heteroatoms. The topological polar surface area (TPSA) is 40.2 Å². The minimum Gasteiger partial charge on any atom is -1.00 e. The van der Waals surface area contributed by atoms with Crippen molar-refractivity contribution in [3.63, 3.8) is 0 Å². The Labute approximate surface area is 222 Å². The van der Waals surface area contributed by atoms with Gasteiger partial charge in [-0.05, 0) is 62.1 Å². The summed E-state index contributed by atoms with van der Waals surface area (Å²) < 4.78 is 0. The first-order chi connectivity index (χ1) is 14.5. The third-order valence-corrected chi connectivity index (χ3v) is 5.53. The van der Waals surface area contributed by atoms with Gasteiger partial charge in [0.2, 0.25) is 0 Å². The number of halogens is 2. The maximum atomic E-state index is 4.53. The zero-order valence-corrected chi connectivity index (χ0v) is 22.2. The van der Waals surface area contributed by atoms with Crippen LogP contribution in [0.15, 0.2) is 60.8 Å². The normalized spacial score (nSPS) is 9.97. The first-order valence-corrected chi connectivity index (χ1v) is 10.8. The van der Waals surface area contributed by atoms with Crippen molar-refractivity contribution < 1.29 is 41.9 Å². The number of para-hydroxylation sites is 2. The number of rotatable bonds is 10. The number of aryl methyl sites for hydroxylation is 4. The van der Waals surface area contributed by atoms with Gasteiger partial charge in [-0.25, -0.2) is 0 Å². The van der Waals surface area contributed by atoms with Gasteiger partial charge in [0.15, 0.2) is 0 Å². The smallest absolute Gasteiger partial charge is 1.00 e. The minimum absolute atomic E-state index is 0. The molecule has 0 bridgehead atoms. The number of pyridine rings is 1. The van der Waals surface area contributed by atoms with Gasteiger partial charge in [0.05, 0.1) is 5.69 Å². The van der Waals surface area contributed by atoms with E-state index >= 15 is 0 Å². The number of anilines is 2. The van der Waals surface area contributed by atoms with Crippen molar-refractivity contribution in [3.05, 3.63) is 88.7 Å². The van der Waals surface area contributed by atoms with Crippen LogP contribution in [0.4, 0.5) is 11.4 Å². The molecule has 1 radical (unpaired) electrons. The van der Waals surface area contributed by atoms with Crippen molar-refractivity contribution in [2.75, 3.05) is 36.8 Å². The van der Waals surface area contributed by atoms with E-state index in [0.29, 0.717) is 0 Å². The first kappa shape index (κ1) is 31.2. The first-order valence-electron chi connectivity index (χ1n) is 10.8. The zero-order chi connectivity index (χ0) is 21.3. The van der Waals surface area contributed by atoms with Gasteiger partial charge < -0.3 is 35.4 Å². The molecular formula is C26H34Cl2CuN4. The van der Waals surface area contributed by atoms with Crippen LogP contribution in [0.3, 0.4) is 0 Å².